The highest BCUT2D eigenvalue weighted by Crippen LogP contribution is 2.21. The van der Waals surface area contributed by atoms with Gasteiger partial charge in [-0.2, -0.15) is 13.2 Å². The van der Waals surface area contributed by atoms with E-state index in [0.29, 0.717) is 6.42 Å². The molecule has 3 atom stereocenters. The van der Waals surface area contributed by atoms with Crippen molar-refractivity contribution >= 4 is 5.91 Å². The van der Waals surface area contributed by atoms with Crippen molar-refractivity contribution in [2.24, 2.45) is 11.7 Å². The molecule has 16 heavy (non-hydrogen) atoms. The van der Waals surface area contributed by atoms with Crippen molar-refractivity contribution in [1.82, 2.24) is 5.32 Å². The predicted octanol–water partition coefficient (Wildman–Crippen LogP) is 1.82. The van der Waals surface area contributed by atoms with Crippen LogP contribution in [0.4, 0.5) is 13.2 Å². The number of carbonyl (C=O) groups is 1. The third kappa shape index (κ3) is 5.95. The molecule has 0 aliphatic heterocycles. The number of rotatable bonds is 5. The maximum Gasteiger partial charge on any atom is 0.391 e. The second-order valence-electron chi connectivity index (χ2n) is 4.14. The Morgan fingerprint density at radius 3 is 2.25 bits per heavy atom. The molecule has 0 aliphatic carbocycles. The molecule has 1 amide bonds. The monoisotopic (exact) mass is 240 g/mol. The van der Waals surface area contributed by atoms with E-state index in [0.717, 1.165) is 0 Å². The maximum atomic E-state index is 12.0. The second-order valence-corrected chi connectivity index (χ2v) is 4.14. The van der Waals surface area contributed by atoms with Gasteiger partial charge in [-0.15, -0.1) is 0 Å². The average molecular weight is 240 g/mol. The number of nitrogens with two attached hydrogens (primary N) is 1. The largest absolute Gasteiger partial charge is 0.391 e. The SMILES string of the molecule is CCC(C)[C@H](N)C(=O)NC(C)CC(F)(F)F. The van der Waals surface area contributed by atoms with E-state index in [9.17, 15) is 18.0 Å². The summed E-state index contributed by atoms with van der Waals surface area (Å²) in [5.41, 5.74) is 5.59. The first kappa shape index (κ1) is 15.2. The Balaban J connectivity index is 4.14. The lowest BCUT2D eigenvalue weighted by atomic mass is 9.99. The molecule has 0 saturated heterocycles. The van der Waals surface area contributed by atoms with E-state index in [1.54, 1.807) is 6.92 Å². The van der Waals surface area contributed by atoms with Gasteiger partial charge in [-0.1, -0.05) is 20.3 Å². The first-order valence-corrected chi connectivity index (χ1v) is 5.30. The van der Waals surface area contributed by atoms with Crippen molar-refractivity contribution in [3.8, 4) is 0 Å². The zero-order valence-electron chi connectivity index (χ0n) is 9.77. The van der Waals surface area contributed by atoms with Crippen LogP contribution in [0.3, 0.4) is 0 Å². The minimum atomic E-state index is -4.27. The molecule has 3 nitrogen and oxygen atoms in total. The predicted molar refractivity (Wildman–Crippen MR) is 55.7 cm³/mol. The number of hydrogen-bond acceptors (Lipinski definition) is 2. The number of nitrogens with one attached hydrogen (secondary N) is 1. The Bertz CT molecular complexity index is 231. The van der Waals surface area contributed by atoms with E-state index in [4.69, 9.17) is 5.73 Å². The van der Waals surface area contributed by atoms with Crippen LogP contribution in [0.1, 0.15) is 33.6 Å². The lowest BCUT2D eigenvalue weighted by Gasteiger charge is -2.21. The van der Waals surface area contributed by atoms with Crippen molar-refractivity contribution < 1.29 is 18.0 Å². The van der Waals surface area contributed by atoms with Crippen LogP contribution >= 0.6 is 0 Å². The average Bonchev–Trinajstić information content (AvgIpc) is 2.12. The molecule has 0 bridgehead atoms. The van der Waals surface area contributed by atoms with Gasteiger partial charge in [0.1, 0.15) is 0 Å². The number of carbonyl (C=O) groups excluding carboxylic acids is 1. The molecule has 0 aromatic heterocycles. The van der Waals surface area contributed by atoms with Crippen molar-refractivity contribution in [2.45, 2.75) is 51.9 Å². The zero-order chi connectivity index (χ0) is 12.9. The van der Waals surface area contributed by atoms with Crippen molar-refractivity contribution in [3.05, 3.63) is 0 Å². The van der Waals surface area contributed by atoms with E-state index >= 15 is 0 Å². The van der Waals surface area contributed by atoms with Crippen LogP contribution in [0.15, 0.2) is 0 Å². The molecule has 0 saturated carbocycles. The molecule has 0 aromatic carbocycles. The van der Waals surface area contributed by atoms with E-state index < -0.39 is 30.6 Å². The highest BCUT2D eigenvalue weighted by Gasteiger charge is 2.31. The van der Waals surface area contributed by atoms with E-state index in [1.807, 2.05) is 6.92 Å². The fourth-order valence-corrected chi connectivity index (χ4v) is 1.25. The van der Waals surface area contributed by atoms with Crippen molar-refractivity contribution in [3.63, 3.8) is 0 Å². The molecule has 0 fully saturated rings. The molecule has 2 unspecified atom stereocenters. The first-order chi connectivity index (χ1) is 7.17. The lowest BCUT2D eigenvalue weighted by Crippen LogP contribution is -2.48. The number of halogens is 3. The van der Waals surface area contributed by atoms with E-state index in [1.165, 1.54) is 6.92 Å². The molecule has 0 rings (SSSR count). The third-order valence-electron chi connectivity index (χ3n) is 2.49. The summed E-state index contributed by atoms with van der Waals surface area (Å²) in [6.07, 6.45) is -4.60. The molecule has 0 spiro atoms. The summed E-state index contributed by atoms with van der Waals surface area (Å²) in [6, 6.07) is -1.69. The van der Waals surface area contributed by atoms with Crippen molar-refractivity contribution in [1.29, 1.82) is 0 Å². The Labute approximate surface area is 93.6 Å². The Hall–Kier alpha value is -0.780. The minimum Gasteiger partial charge on any atom is -0.352 e. The smallest absolute Gasteiger partial charge is 0.352 e. The molecular formula is C10H19F3N2O. The van der Waals surface area contributed by atoms with Crippen molar-refractivity contribution in [2.75, 3.05) is 0 Å². The highest BCUT2D eigenvalue weighted by atomic mass is 19.4. The summed E-state index contributed by atoms with van der Waals surface area (Å²) in [5.74, 6) is -0.566. The molecule has 0 heterocycles. The highest BCUT2D eigenvalue weighted by molar-refractivity contribution is 5.82. The summed E-state index contributed by atoms with van der Waals surface area (Å²) in [5, 5.41) is 2.27. The normalized spacial score (nSPS) is 17.7. The van der Waals surface area contributed by atoms with Crippen LogP contribution in [0, 0.1) is 5.92 Å². The zero-order valence-corrected chi connectivity index (χ0v) is 9.77. The number of hydrogen-bond donors (Lipinski definition) is 2. The Morgan fingerprint density at radius 1 is 1.38 bits per heavy atom. The van der Waals surface area contributed by atoms with Crippen LogP contribution in [0.2, 0.25) is 0 Å². The molecule has 6 heteroatoms. The van der Waals surface area contributed by atoms with Crippen LogP contribution < -0.4 is 11.1 Å². The Kier molecular flexibility index (Phi) is 5.78. The topological polar surface area (TPSA) is 55.1 Å². The van der Waals surface area contributed by atoms with Gasteiger partial charge < -0.3 is 11.1 Å². The first-order valence-electron chi connectivity index (χ1n) is 5.30. The maximum absolute atomic E-state index is 12.0. The Morgan fingerprint density at radius 2 is 1.88 bits per heavy atom. The lowest BCUT2D eigenvalue weighted by molar-refractivity contribution is -0.141. The summed E-state index contributed by atoms with van der Waals surface area (Å²) in [7, 11) is 0. The molecular weight excluding hydrogens is 221 g/mol. The summed E-state index contributed by atoms with van der Waals surface area (Å²) in [4.78, 5) is 11.4. The van der Waals surface area contributed by atoms with Crippen LogP contribution in [-0.2, 0) is 4.79 Å². The van der Waals surface area contributed by atoms with Crippen LogP contribution in [0.5, 0.6) is 0 Å². The van der Waals surface area contributed by atoms with Gasteiger partial charge in [-0.3, -0.25) is 4.79 Å². The number of alkyl halides is 3. The molecule has 96 valence electrons. The van der Waals surface area contributed by atoms with Gasteiger partial charge >= 0.3 is 6.18 Å². The third-order valence-corrected chi connectivity index (χ3v) is 2.49. The fourth-order valence-electron chi connectivity index (χ4n) is 1.25. The molecule has 0 aromatic rings. The van der Waals surface area contributed by atoms with Gasteiger partial charge in [0.15, 0.2) is 0 Å². The van der Waals surface area contributed by atoms with Gasteiger partial charge in [-0.25, -0.2) is 0 Å². The quantitative estimate of drug-likeness (QED) is 0.770. The molecule has 0 radical (unpaired) electrons. The second kappa shape index (κ2) is 6.08. The summed E-state index contributed by atoms with van der Waals surface area (Å²) >= 11 is 0. The number of amides is 1. The van der Waals surface area contributed by atoms with Crippen LogP contribution in [-0.4, -0.2) is 24.2 Å². The van der Waals surface area contributed by atoms with Gasteiger partial charge in [-0.05, 0) is 12.8 Å². The molecule has 0 aliphatic rings. The fraction of sp³-hybridized carbons (Fsp3) is 0.900. The van der Waals surface area contributed by atoms with E-state index in [-0.39, 0.29) is 5.92 Å². The minimum absolute atomic E-state index is 0.0434. The van der Waals surface area contributed by atoms with Gasteiger partial charge in [0.25, 0.3) is 0 Å². The van der Waals surface area contributed by atoms with Gasteiger partial charge in [0, 0.05) is 6.04 Å². The molecule has 3 N–H and O–H groups in total. The van der Waals surface area contributed by atoms with Crippen LogP contribution in [0.25, 0.3) is 0 Å². The summed E-state index contributed by atoms with van der Waals surface area (Å²) in [6.45, 7) is 4.98. The summed E-state index contributed by atoms with van der Waals surface area (Å²) < 4.78 is 36.0. The van der Waals surface area contributed by atoms with Gasteiger partial charge in [0.05, 0.1) is 12.5 Å². The van der Waals surface area contributed by atoms with E-state index in [2.05, 4.69) is 5.32 Å². The van der Waals surface area contributed by atoms with Gasteiger partial charge in [0.2, 0.25) is 5.91 Å². The standard InChI is InChI=1S/C10H19F3N2O/c1-4-6(2)8(14)9(16)15-7(3)5-10(11,12)13/h6-8H,4-5,14H2,1-3H3,(H,15,16)/t6?,7?,8-/m0/s1.